The molecule has 0 unspecified atom stereocenters. The van der Waals surface area contributed by atoms with Gasteiger partial charge in [0.1, 0.15) is 17.3 Å². The first-order chi connectivity index (χ1) is 12.4. The summed E-state index contributed by atoms with van der Waals surface area (Å²) < 4.78 is 47.9. The Morgan fingerprint density at radius 3 is 2.46 bits per heavy atom. The molecule has 5 nitrogen and oxygen atoms in total. The SMILES string of the molecule is COc1ccc(OC)c(CNCCCNc2ccc(C(F)(F)F)cn2)c1. The zero-order valence-corrected chi connectivity index (χ0v) is 14.7. The number of hydrogen-bond acceptors (Lipinski definition) is 5. The topological polar surface area (TPSA) is 55.4 Å². The molecular formula is C18H22F3N3O2. The maximum Gasteiger partial charge on any atom is 0.417 e. The lowest BCUT2D eigenvalue weighted by Crippen LogP contribution is -2.18. The van der Waals surface area contributed by atoms with Crippen molar-refractivity contribution in [3.63, 3.8) is 0 Å². The molecule has 26 heavy (non-hydrogen) atoms. The Kier molecular flexibility index (Phi) is 7.08. The third kappa shape index (κ3) is 5.80. The molecule has 1 aromatic heterocycles. The van der Waals surface area contributed by atoms with E-state index >= 15 is 0 Å². The molecule has 0 fully saturated rings. The van der Waals surface area contributed by atoms with Crippen molar-refractivity contribution in [3.05, 3.63) is 47.7 Å². The number of rotatable bonds is 9. The Hall–Kier alpha value is -2.48. The first-order valence-corrected chi connectivity index (χ1v) is 8.13. The second kappa shape index (κ2) is 9.28. The molecule has 0 aliphatic heterocycles. The molecule has 0 radical (unpaired) electrons. The number of pyridine rings is 1. The lowest BCUT2D eigenvalue weighted by Gasteiger charge is -2.12. The van der Waals surface area contributed by atoms with Crippen molar-refractivity contribution >= 4 is 5.82 Å². The van der Waals surface area contributed by atoms with Gasteiger partial charge in [0.05, 0.1) is 19.8 Å². The van der Waals surface area contributed by atoms with E-state index in [9.17, 15) is 13.2 Å². The van der Waals surface area contributed by atoms with Crippen LogP contribution in [0.1, 0.15) is 17.5 Å². The molecule has 1 heterocycles. The van der Waals surface area contributed by atoms with Crippen LogP contribution in [0.2, 0.25) is 0 Å². The van der Waals surface area contributed by atoms with Crippen LogP contribution in [0.3, 0.4) is 0 Å². The molecule has 2 rings (SSSR count). The Bertz CT molecular complexity index is 691. The van der Waals surface area contributed by atoms with Gasteiger partial charge < -0.3 is 20.1 Å². The minimum atomic E-state index is -4.36. The number of ether oxygens (including phenoxy) is 2. The molecule has 0 spiro atoms. The lowest BCUT2D eigenvalue weighted by atomic mass is 10.2. The van der Waals surface area contributed by atoms with Crippen LogP contribution in [0.25, 0.3) is 0 Å². The fourth-order valence-electron chi connectivity index (χ4n) is 2.34. The second-order valence-electron chi connectivity index (χ2n) is 5.56. The van der Waals surface area contributed by atoms with E-state index in [1.165, 1.54) is 6.07 Å². The van der Waals surface area contributed by atoms with Crippen molar-refractivity contribution in [1.29, 1.82) is 0 Å². The molecule has 142 valence electrons. The van der Waals surface area contributed by atoms with Crippen LogP contribution < -0.4 is 20.1 Å². The summed E-state index contributed by atoms with van der Waals surface area (Å²) in [4.78, 5) is 3.77. The van der Waals surface area contributed by atoms with Gasteiger partial charge >= 0.3 is 6.18 Å². The van der Waals surface area contributed by atoms with Crippen molar-refractivity contribution in [2.45, 2.75) is 19.1 Å². The number of alkyl halides is 3. The van der Waals surface area contributed by atoms with Crippen LogP contribution in [-0.2, 0) is 12.7 Å². The van der Waals surface area contributed by atoms with Gasteiger partial charge in [-0.3, -0.25) is 0 Å². The van der Waals surface area contributed by atoms with Gasteiger partial charge in [-0.25, -0.2) is 4.98 Å². The van der Waals surface area contributed by atoms with Crippen molar-refractivity contribution < 1.29 is 22.6 Å². The van der Waals surface area contributed by atoms with Crippen LogP contribution in [0.5, 0.6) is 11.5 Å². The highest BCUT2D eigenvalue weighted by Crippen LogP contribution is 2.28. The fourth-order valence-corrected chi connectivity index (χ4v) is 2.34. The van der Waals surface area contributed by atoms with E-state index < -0.39 is 11.7 Å². The first-order valence-electron chi connectivity index (χ1n) is 8.13. The van der Waals surface area contributed by atoms with E-state index in [-0.39, 0.29) is 0 Å². The van der Waals surface area contributed by atoms with Gasteiger partial charge in [-0.15, -0.1) is 0 Å². The maximum absolute atomic E-state index is 12.5. The predicted octanol–water partition coefficient (Wildman–Crippen LogP) is 3.71. The van der Waals surface area contributed by atoms with Crippen LogP contribution >= 0.6 is 0 Å². The number of methoxy groups -OCH3 is 2. The van der Waals surface area contributed by atoms with Crippen molar-refractivity contribution in [2.24, 2.45) is 0 Å². The minimum Gasteiger partial charge on any atom is -0.497 e. The summed E-state index contributed by atoms with van der Waals surface area (Å²) in [5, 5.41) is 6.30. The van der Waals surface area contributed by atoms with E-state index in [0.29, 0.717) is 18.9 Å². The quantitative estimate of drug-likeness (QED) is 0.660. The summed E-state index contributed by atoms with van der Waals surface area (Å²) in [6.45, 7) is 1.95. The summed E-state index contributed by atoms with van der Waals surface area (Å²) in [6.07, 6.45) is -2.75. The monoisotopic (exact) mass is 369 g/mol. The molecule has 0 aliphatic rings. The van der Waals surface area contributed by atoms with E-state index in [2.05, 4.69) is 15.6 Å². The fraction of sp³-hybridized carbons (Fsp3) is 0.389. The van der Waals surface area contributed by atoms with E-state index in [1.807, 2.05) is 18.2 Å². The highest BCUT2D eigenvalue weighted by Gasteiger charge is 2.30. The second-order valence-corrected chi connectivity index (χ2v) is 5.56. The maximum atomic E-state index is 12.5. The van der Waals surface area contributed by atoms with Gasteiger partial charge in [0, 0.05) is 24.8 Å². The Morgan fingerprint density at radius 2 is 1.85 bits per heavy atom. The van der Waals surface area contributed by atoms with E-state index in [1.54, 1.807) is 14.2 Å². The molecule has 2 N–H and O–H groups in total. The molecule has 2 aromatic rings. The summed E-state index contributed by atoms with van der Waals surface area (Å²) in [5.74, 6) is 1.97. The van der Waals surface area contributed by atoms with Gasteiger partial charge in [-0.05, 0) is 43.3 Å². The molecule has 1 aromatic carbocycles. The molecular weight excluding hydrogens is 347 g/mol. The molecule has 0 saturated carbocycles. The van der Waals surface area contributed by atoms with Gasteiger partial charge in [0.15, 0.2) is 0 Å². The van der Waals surface area contributed by atoms with Crippen LogP contribution in [0, 0.1) is 0 Å². The molecule has 0 saturated heterocycles. The third-order valence-corrected chi connectivity index (χ3v) is 3.73. The zero-order valence-electron chi connectivity index (χ0n) is 14.7. The standard InChI is InChI=1S/C18H22F3N3O2/c1-25-15-5-6-16(26-2)13(10-15)11-22-8-3-9-23-17-7-4-14(12-24-17)18(19,20)21/h4-7,10,12,22H,3,8-9,11H2,1-2H3,(H,23,24). The number of aromatic nitrogens is 1. The normalized spacial score (nSPS) is 11.3. The average Bonchev–Trinajstić information content (AvgIpc) is 2.64. The summed E-state index contributed by atoms with van der Waals surface area (Å²) in [6, 6.07) is 7.95. The van der Waals surface area contributed by atoms with Crippen molar-refractivity contribution in [3.8, 4) is 11.5 Å². The van der Waals surface area contributed by atoms with Crippen molar-refractivity contribution in [2.75, 3.05) is 32.6 Å². The van der Waals surface area contributed by atoms with Crippen LogP contribution in [0.4, 0.5) is 19.0 Å². The van der Waals surface area contributed by atoms with E-state index in [4.69, 9.17) is 9.47 Å². The number of nitrogens with zero attached hydrogens (tertiary/aromatic N) is 1. The smallest absolute Gasteiger partial charge is 0.417 e. The predicted molar refractivity (Wildman–Crippen MR) is 93.6 cm³/mol. The number of anilines is 1. The Balaban J connectivity index is 1.71. The largest absolute Gasteiger partial charge is 0.497 e. The molecule has 0 bridgehead atoms. The third-order valence-electron chi connectivity index (χ3n) is 3.73. The van der Waals surface area contributed by atoms with Crippen molar-refractivity contribution in [1.82, 2.24) is 10.3 Å². The zero-order chi connectivity index (χ0) is 19.0. The number of halogens is 3. The number of nitrogens with one attached hydrogen (secondary N) is 2. The summed E-state index contributed by atoms with van der Waals surface area (Å²) >= 11 is 0. The van der Waals surface area contributed by atoms with Crippen LogP contribution in [-0.4, -0.2) is 32.3 Å². The Labute approximate surface area is 150 Å². The van der Waals surface area contributed by atoms with E-state index in [0.717, 1.165) is 42.3 Å². The van der Waals surface area contributed by atoms with Gasteiger partial charge in [-0.2, -0.15) is 13.2 Å². The molecule has 0 aliphatic carbocycles. The Morgan fingerprint density at radius 1 is 1.04 bits per heavy atom. The summed E-state index contributed by atoms with van der Waals surface area (Å²) in [5.41, 5.74) is 0.237. The highest BCUT2D eigenvalue weighted by molar-refractivity contribution is 5.40. The van der Waals surface area contributed by atoms with Crippen LogP contribution in [0.15, 0.2) is 36.5 Å². The lowest BCUT2D eigenvalue weighted by molar-refractivity contribution is -0.137. The first kappa shape index (κ1) is 19.8. The molecule has 0 atom stereocenters. The molecule has 0 amide bonds. The number of hydrogen-bond donors (Lipinski definition) is 2. The number of benzene rings is 1. The van der Waals surface area contributed by atoms with Gasteiger partial charge in [0.2, 0.25) is 0 Å². The average molecular weight is 369 g/mol. The van der Waals surface area contributed by atoms with Gasteiger partial charge in [0.25, 0.3) is 0 Å². The highest BCUT2D eigenvalue weighted by atomic mass is 19.4. The minimum absolute atomic E-state index is 0.424. The van der Waals surface area contributed by atoms with Gasteiger partial charge in [-0.1, -0.05) is 0 Å². The summed E-state index contributed by atoms with van der Waals surface area (Å²) in [7, 11) is 3.23. The molecule has 8 heteroatoms.